The van der Waals surface area contributed by atoms with Crippen LogP contribution in [0, 0.1) is 5.92 Å². The van der Waals surface area contributed by atoms with E-state index in [9.17, 15) is 19.2 Å². The van der Waals surface area contributed by atoms with Gasteiger partial charge < -0.3 is 9.94 Å². The third-order valence-corrected chi connectivity index (χ3v) is 3.92. The molecular weight excluding hydrogens is 336 g/mol. The lowest BCUT2D eigenvalue weighted by atomic mass is 9.99. The van der Waals surface area contributed by atoms with Crippen LogP contribution in [-0.2, 0) is 19.2 Å². The molecule has 1 atom stereocenters. The number of rotatable bonds is 9. The Morgan fingerprint density at radius 1 is 1.33 bits per heavy atom. The number of ketones is 1. The normalized spacial score (nSPS) is 11.4. The molecule has 0 saturated carbocycles. The number of aromatic nitrogens is 1. The van der Waals surface area contributed by atoms with Crippen molar-refractivity contribution in [3.05, 3.63) is 30.1 Å². The van der Waals surface area contributed by atoms with Gasteiger partial charge in [0.25, 0.3) is 0 Å². The number of amides is 1. The Hall–Kier alpha value is -2.42. The van der Waals surface area contributed by atoms with Crippen LogP contribution in [0.15, 0.2) is 24.4 Å². The van der Waals surface area contributed by atoms with Gasteiger partial charge in [-0.2, -0.15) is 17.2 Å². The van der Waals surface area contributed by atoms with E-state index in [4.69, 9.17) is 5.11 Å². The summed E-state index contributed by atoms with van der Waals surface area (Å²) in [6.45, 7) is 1.21. The van der Waals surface area contributed by atoms with Crippen molar-refractivity contribution in [2.24, 2.45) is 5.92 Å². The zero-order chi connectivity index (χ0) is 17.9. The van der Waals surface area contributed by atoms with Gasteiger partial charge in [0.15, 0.2) is 5.78 Å². The van der Waals surface area contributed by atoms with Gasteiger partial charge in [-0.1, -0.05) is 6.07 Å². The fourth-order valence-electron chi connectivity index (χ4n) is 1.72. The molecule has 0 radical (unpaired) electrons. The van der Waals surface area contributed by atoms with Gasteiger partial charge >= 0.3 is 11.9 Å². The second-order valence-electron chi connectivity index (χ2n) is 4.83. The Morgan fingerprint density at radius 2 is 2.08 bits per heavy atom. The summed E-state index contributed by atoms with van der Waals surface area (Å²) in [5, 5.41) is 8.95. The number of carboxylic acids is 1. The zero-order valence-corrected chi connectivity index (χ0v) is 13.9. The minimum Gasteiger partial charge on any atom is -0.481 e. The maximum absolute atomic E-state index is 12.3. The highest BCUT2D eigenvalue weighted by Crippen LogP contribution is 2.18. The van der Waals surface area contributed by atoms with E-state index in [2.05, 4.69) is 9.82 Å². The van der Waals surface area contributed by atoms with Gasteiger partial charge in [0.1, 0.15) is 5.69 Å². The van der Waals surface area contributed by atoms with Gasteiger partial charge in [-0.3, -0.25) is 19.4 Å². The van der Waals surface area contributed by atoms with Crippen molar-refractivity contribution in [2.45, 2.75) is 19.8 Å². The molecule has 0 spiro atoms. The number of carboxylic acid groups (broad SMARTS) is 1. The fourth-order valence-corrected chi connectivity index (χ4v) is 2.75. The van der Waals surface area contributed by atoms with Gasteiger partial charge in [-0.15, -0.1) is 0 Å². The molecule has 0 saturated heterocycles. The van der Waals surface area contributed by atoms with E-state index in [1.54, 1.807) is 12.1 Å². The van der Waals surface area contributed by atoms with Crippen LogP contribution in [-0.4, -0.2) is 45.2 Å². The molecule has 0 aliphatic carbocycles. The van der Waals surface area contributed by atoms with Gasteiger partial charge in [0, 0.05) is 30.5 Å². The van der Waals surface area contributed by atoms with Gasteiger partial charge in [-0.25, -0.2) is 4.79 Å². The Morgan fingerprint density at radius 3 is 2.67 bits per heavy atom. The lowest BCUT2D eigenvalue weighted by Gasteiger charge is -2.12. The van der Waals surface area contributed by atoms with Crippen LogP contribution in [0.3, 0.4) is 0 Å². The highest BCUT2D eigenvalue weighted by Gasteiger charge is 2.24. The number of nitrogens with zero attached hydrogens (tertiary/aromatic N) is 1. The largest absolute Gasteiger partial charge is 0.481 e. The Balaban J connectivity index is 2.46. The highest BCUT2D eigenvalue weighted by molar-refractivity contribution is 7.99. The third kappa shape index (κ3) is 7.73. The number of hydroxylamine groups is 1. The first kappa shape index (κ1) is 19.6. The molecule has 1 aromatic heterocycles. The topological polar surface area (TPSA) is 123 Å². The molecule has 1 heterocycles. The molecule has 0 aromatic carbocycles. The molecule has 0 unspecified atom stereocenters. The lowest BCUT2D eigenvalue weighted by molar-refractivity contribution is -0.157. The molecule has 1 rings (SSSR count). The molecule has 2 N–H and O–H groups in total. The van der Waals surface area contributed by atoms with Crippen molar-refractivity contribution in [3.63, 3.8) is 0 Å². The summed E-state index contributed by atoms with van der Waals surface area (Å²) < 4.78 is 0. The van der Waals surface area contributed by atoms with Crippen LogP contribution >= 0.6 is 11.8 Å². The van der Waals surface area contributed by atoms with Crippen LogP contribution in [0.5, 0.6) is 0 Å². The van der Waals surface area contributed by atoms with E-state index < -0.39 is 23.8 Å². The second kappa shape index (κ2) is 10.4. The van der Waals surface area contributed by atoms with E-state index in [0.29, 0.717) is 5.75 Å². The van der Waals surface area contributed by atoms with E-state index in [1.165, 1.54) is 30.9 Å². The van der Waals surface area contributed by atoms with Crippen molar-refractivity contribution in [1.29, 1.82) is 0 Å². The molecule has 8 nitrogen and oxygen atoms in total. The first-order valence-electron chi connectivity index (χ1n) is 7.11. The number of thioether (sulfide) groups is 1. The summed E-state index contributed by atoms with van der Waals surface area (Å²) in [5.74, 6) is -2.66. The van der Waals surface area contributed by atoms with Gasteiger partial charge in [0.2, 0.25) is 5.91 Å². The summed E-state index contributed by atoms with van der Waals surface area (Å²) in [5.41, 5.74) is 2.14. The summed E-state index contributed by atoms with van der Waals surface area (Å²) in [6.07, 6.45) is 1.19. The number of aliphatic carboxylic acids is 1. The molecule has 0 fully saturated rings. The number of carbonyl (C=O) groups is 4. The molecule has 130 valence electrons. The fraction of sp³-hybridized carbons (Fsp3) is 0.400. The zero-order valence-electron chi connectivity index (χ0n) is 13.1. The minimum absolute atomic E-state index is 0.0303. The van der Waals surface area contributed by atoms with Gasteiger partial charge in [-0.05, 0) is 12.1 Å². The van der Waals surface area contributed by atoms with Crippen molar-refractivity contribution in [3.8, 4) is 0 Å². The lowest BCUT2D eigenvalue weighted by Crippen LogP contribution is -2.25. The van der Waals surface area contributed by atoms with E-state index in [0.717, 1.165) is 0 Å². The summed E-state index contributed by atoms with van der Waals surface area (Å²) in [7, 11) is 0. The Bertz CT molecular complexity index is 593. The molecule has 9 heteroatoms. The predicted octanol–water partition coefficient (Wildman–Crippen LogP) is 1.07. The summed E-state index contributed by atoms with van der Waals surface area (Å²) in [4.78, 5) is 53.5. The standard InChI is InChI=1S/C15H18N2O6S/c1-10(18)17-23-14(21)5-7-24-9-11(8-13(19)20)15(22)12-4-2-3-6-16-12/h2-4,6,11H,5,7-9H2,1H3,(H,17,18)(H,19,20)/t11-/m0/s1. The van der Waals surface area contributed by atoms with Crippen LogP contribution in [0.1, 0.15) is 30.3 Å². The Labute approximate surface area is 142 Å². The van der Waals surface area contributed by atoms with Gasteiger partial charge in [0.05, 0.1) is 12.8 Å². The number of Topliss-reactive ketones (excluding diaryl/α,β-unsaturated/α-hetero) is 1. The molecule has 24 heavy (non-hydrogen) atoms. The van der Waals surface area contributed by atoms with Crippen molar-refractivity contribution >= 4 is 35.4 Å². The first-order valence-corrected chi connectivity index (χ1v) is 8.26. The Kier molecular flexibility index (Phi) is 8.48. The SMILES string of the molecule is CC(=O)NOC(=O)CCSC[C@H](CC(=O)O)C(=O)c1ccccn1. The molecule has 0 aliphatic rings. The van der Waals surface area contributed by atoms with E-state index >= 15 is 0 Å². The maximum Gasteiger partial charge on any atom is 0.333 e. The average Bonchev–Trinajstić information content (AvgIpc) is 2.55. The third-order valence-electron chi connectivity index (χ3n) is 2.79. The molecule has 0 bridgehead atoms. The van der Waals surface area contributed by atoms with Crippen LogP contribution in [0.2, 0.25) is 0 Å². The van der Waals surface area contributed by atoms with Crippen molar-refractivity contribution in [2.75, 3.05) is 11.5 Å². The number of hydrogen-bond donors (Lipinski definition) is 2. The van der Waals surface area contributed by atoms with Crippen molar-refractivity contribution in [1.82, 2.24) is 10.5 Å². The van der Waals surface area contributed by atoms with Crippen LogP contribution in [0.4, 0.5) is 0 Å². The number of pyridine rings is 1. The molecule has 1 aromatic rings. The highest BCUT2D eigenvalue weighted by atomic mass is 32.2. The molecule has 1 amide bonds. The number of hydrogen-bond acceptors (Lipinski definition) is 7. The quantitative estimate of drug-likeness (QED) is 0.383. The monoisotopic (exact) mass is 354 g/mol. The molecule has 0 aliphatic heterocycles. The van der Waals surface area contributed by atoms with Crippen LogP contribution < -0.4 is 5.48 Å². The predicted molar refractivity (Wildman–Crippen MR) is 86.2 cm³/mol. The van der Waals surface area contributed by atoms with Crippen molar-refractivity contribution < 1.29 is 29.1 Å². The van der Waals surface area contributed by atoms with E-state index in [-0.39, 0.29) is 30.1 Å². The summed E-state index contributed by atoms with van der Waals surface area (Å²) >= 11 is 1.26. The summed E-state index contributed by atoms with van der Waals surface area (Å²) in [6, 6.07) is 4.86. The molecular formula is C15H18N2O6S. The first-order chi connectivity index (χ1) is 11.4. The smallest absolute Gasteiger partial charge is 0.333 e. The maximum atomic E-state index is 12.3. The average molecular weight is 354 g/mol. The second-order valence-corrected chi connectivity index (χ2v) is 5.98. The minimum atomic E-state index is -1.07. The van der Waals surface area contributed by atoms with E-state index in [1.807, 2.05) is 5.48 Å². The number of carbonyl (C=O) groups excluding carboxylic acids is 3. The van der Waals surface area contributed by atoms with Crippen LogP contribution in [0.25, 0.3) is 0 Å². The number of nitrogens with one attached hydrogen (secondary N) is 1.